The van der Waals surface area contributed by atoms with Gasteiger partial charge in [0.15, 0.2) is 16.1 Å². The van der Waals surface area contributed by atoms with Crippen LogP contribution < -0.4 is 10.6 Å². The van der Waals surface area contributed by atoms with Crippen LogP contribution in [0, 0.1) is 12.8 Å². The summed E-state index contributed by atoms with van der Waals surface area (Å²) in [7, 11) is 0. The Morgan fingerprint density at radius 3 is 2.87 bits per heavy atom. The SMILES string of the molecule is Cc1ccc(NC(=O)Nc2nc(CCSc3ncc[nH]3)cs2)c(C(=O)C2CCCC2)c1. The molecule has 0 aliphatic heterocycles. The summed E-state index contributed by atoms with van der Waals surface area (Å²) in [6.07, 6.45) is 8.36. The van der Waals surface area contributed by atoms with Crippen molar-refractivity contribution in [1.82, 2.24) is 15.0 Å². The number of carbonyl (C=O) groups is 2. The molecule has 4 rings (SSSR count). The lowest BCUT2D eigenvalue weighted by atomic mass is 9.94. The Balaban J connectivity index is 1.34. The van der Waals surface area contributed by atoms with E-state index in [1.165, 1.54) is 11.3 Å². The number of thiazole rings is 1. The first kappa shape index (κ1) is 21.6. The molecule has 1 saturated carbocycles. The van der Waals surface area contributed by atoms with E-state index in [0.29, 0.717) is 16.4 Å². The number of rotatable bonds is 8. The van der Waals surface area contributed by atoms with Crippen LogP contribution in [0.4, 0.5) is 15.6 Å². The van der Waals surface area contributed by atoms with E-state index >= 15 is 0 Å². The molecule has 0 saturated heterocycles. The molecule has 0 bridgehead atoms. The van der Waals surface area contributed by atoms with Gasteiger partial charge in [0.2, 0.25) is 0 Å². The molecule has 162 valence electrons. The van der Waals surface area contributed by atoms with Gasteiger partial charge in [-0.15, -0.1) is 11.3 Å². The molecule has 3 N–H and O–H groups in total. The summed E-state index contributed by atoms with van der Waals surface area (Å²) >= 11 is 3.02. The molecule has 2 heterocycles. The molecule has 9 heteroatoms. The third-order valence-electron chi connectivity index (χ3n) is 5.26. The predicted octanol–water partition coefficient (Wildman–Crippen LogP) is 5.53. The van der Waals surface area contributed by atoms with Crippen molar-refractivity contribution in [3.63, 3.8) is 0 Å². The average molecular weight is 456 g/mol. The van der Waals surface area contributed by atoms with E-state index in [0.717, 1.165) is 54.3 Å². The summed E-state index contributed by atoms with van der Waals surface area (Å²) in [6, 6.07) is 5.18. The number of carbonyl (C=O) groups excluding carboxylic acids is 2. The first-order valence-corrected chi connectivity index (χ1v) is 12.2. The van der Waals surface area contributed by atoms with Crippen LogP contribution >= 0.6 is 23.1 Å². The lowest BCUT2D eigenvalue weighted by Gasteiger charge is -2.14. The molecule has 1 aliphatic rings. The van der Waals surface area contributed by atoms with Crippen LogP contribution in [0.2, 0.25) is 0 Å². The number of aryl methyl sites for hydroxylation is 2. The van der Waals surface area contributed by atoms with Crippen molar-refractivity contribution >= 4 is 45.7 Å². The van der Waals surface area contributed by atoms with Gasteiger partial charge in [-0.1, -0.05) is 36.2 Å². The number of hydrogen-bond acceptors (Lipinski definition) is 6. The third-order valence-corrected chi connectivity index (χ3v) is 6.97. The highest BCUT2D eigenvalue weighted by atomic mass is 32.2. The highest BCUT2D eigenvalue weighted by Crippen LogP contribution is 2.31. The van der Waals surface area contributed by atoms with E-state index in [9.17, 15) is 9.59 Å². The Hall–Kier alpha value is -2.65. The van der Waals surface area contributed by atoms with Crippen molar-refractivity contribution in [2.45, 2.75) is 44.2 Å². The Labute approximate surface area is 189 Å². The average Bonchev–Trinajstić information content (AvgIpc) is 3.52. The maximum absolute atomic E-state index is 13.0. The van der Waals surface area contributed by atoms with Gasteiger partial charge in [0.05, 0.1) is 11.4 Å². The molecule has 1 fully saturated rings. The van der Waals surface area contributed by atoms with Gasteiger partial charge in [-0.25, -0.2) is 14.8 Å². The van der Waals surface area contributed by atoms with Crippen LogP contribution in [-0.4, -0.2) is 32.5 Å². The van der Waals surface area contributed by atoms with E-state index in [1.54, 1.807) is 30.2 Å². The molecule has 0 radical (unpaired) electrons. The minimum atomic E-state index is -0.393. The summed E-state index contributed by atoms with van der Waals surface area (Å²) in [5, 5.41) is 8.99. The Morgan fingerprint density at radius 2 is 2.10 bits per heavy atom. The number of aromatic nitrogens is 3. The van der Waals surface area contributed by atoms with Gasteiger partial charge >= 0.3 is 6.03 Å². The summed E-state index contributed by atoms with van der Waals surface area (Å²) in [5.41, 5.74) is 3.07. The molecule has 2 amide bonds. The van der Waals surface area contributed by atoms with Gasteiger partial charge in [0.25, 0.3) is 0 Å². The monoisotopic (exact) mass is 455 g/mol. The number of imidazole rings is 1. The van der Waals surface area contributed by atoms with Crippen molar-refractivity contribution in [3.8, 4) is 0 Å². The minimum Gasteiger partial charge on any atom is -0.340 e. The Bertz CT molecular complexity index is 1040. The summed E-state index contributed by atoms with van der Waals surface area (Å²) in [4.78, 5) is 37.2. The Morgan fingerprint density at radius 1 is 1.26 bits per heavy atom. The van der Waals surface area contributed by atoms with Gasteiger partial charge in [0, 0.05) is 41.4 Å². The molecule has 31 heavy (non-hydrogen) atoms. The maximum Gasteiger partial charge on any atom is 0.325 e. The first-order chi connectivity index (χ1) is 15.1. The van der Waals surface area contributed by atoms with Crippen LogP contribution in [0.25, 0.3) is 0 Å². The van der Waals surface area contributed by atoms with Crippen molar-refractivity contribution in [1.29, 1.82) is 0 Å². The van der Waals surface area contributed by atoms with Gasteiger partial charge in [0.1, 0.15) is 0 Å². The molecular weight excluding hydrogens is 430 g/mol. The summed E-state index contributed by atoms with van der Waals surface area (Å²) < 4.78 is 0. The zero-order valence-corrected chi connectivity index (χ0v) is 18.9. The minimum absolute atomic E-state index is 0.0611. The largest absolute Gasteiger partial charge is 0.340 e. The highest BCUT2D eigenvalue weighted by Gasteiger charge is 2.26. The number of anilines is 2. The predicted molar refractivity (Wildman–Crippen MR) is 125 cm³/mol. The van der Waals surface area contributed by atoms with Gasteiger partial charge < -0.3 is 10.3 Å². The van der Waals surface area contributed by atoms with Crippen LogP contribution in [-0.2, 0) is 6.42 Å². The zero-order chi connectivity index (χ0) is 21.6. The number of hydrogen-bond donors (Lipinski definition) is 3. The second-order valence-corrected chi connectivity index (χ2v) is 9.55. The molecule has 3 aromatic rings. The number of urea groups is 1. The number of aromatic amines is 1. The van der Waals surface area contributed by atoms with Crippen LogP contribution in [0.3, 0.4) is 0 Å². The maximum atomic E-state index is 13.0. The van der Waals surface area contributed by atoms with Crippen LogP contribution in [0.1, 0.15) is 47.3 Å². The number of H-pyrrole nitrogens is 1. The third kappa shape index (κ3) is 5.74. The number of Topliss-reactive ketones (excluding diaryl/α,β-unsaturated/α-hetero) is 1. The van der Waals surface area contributed by atoms with Crippen molar-refractivity contribution < 1.29 is 9.59 Å². The smallest absolute Gasteiger partial charge is 0.325 e. The van der Waals surface area contributed by atoms with E-state index < -0.39 is 6.03 Å². The Kier molecular flexibility index (Phi) is 7.03. The van der Waals surface area contributed by atoms with E-state index in [-0.39, 0.29) is 11.7 Å². The van der Waals surface area contributed by atoms with Gasteiger partial charge in [-0.2, -0.15) is 0 Å². The van der Waals surface area contributed by atoms with E-state index in [4.69, 9.17) is 0 Å². The lowest BCUT2D eigenvalue weighted by molar-refractivity contribution is 0.0923. The van der Waals surface area contributed by atoms with Gasteiger partial charge in [-0.3, -0.25) is 10.1 Å². The fourth-order valence-electron chi connectivity index (χ4n) is 3.69. The number of amides is 2. The molecule has 7 nitrogen and oxygen atoms in total. The number of ketones is 1. The molecule has 1 aliphatic carbocycles. The fourth-order valence-corrected chi connectivity index (χ4v) is 5.22. The topological polar surface area (TPSA) is 99.8 Å². The van der Waals surface area contributed by atoms with Gasteiger partial charge in [-0.05, 0) is 31.9 Å². The standard InChI is InChI=1S/C22H25N5O2S2/c1-14-6-7-18(17(12-14)19(28)15-4-2-3-5-15)26-20(29)27-22-25-16(13-31-22)8-11-30-21-23-9-10-24-21/h6-7,9-10,12-13,15H,2-5,8,11H2,1H3,(H,23,24)(H2,25,26,27,29). The second kappa shape index (κ2) is 10.1. The normalized spacial score (nSPS) is 14.0. The number of nitrogens with one attached hydrogen (secondary N) is 3. The molecule has 0 spiro atoms. The molecular formula is C22H25N5O2S2. The van der Waals surface area contributed by atoms with Crippen LogP contribution in [0.5, 0.6) is 0 Å². The molecule has 1 aromatic carbocycles. The van der Waals surface area contributed by atoms with E-state index in [1.807, 2.05) is 24.4 Å². The summed E-state index contributed by atoms with van der Waals surface area (Å²) in [6.45, 7) is 1.95. The number of nitrogens with zero attached hydrogens (tertiary/aromatic N) is 2. The number of benzene rings is 1. The second-order valence-electron chi connectivity index (χ2n) is 7.61. The first-order valence-electron chi connectivity index (χ1n) is 10.4. The highest BCUT2D eigenvalue weighted by molar-refractivity contribution is 7.99. The fraction of sp³-hybridized carbons (Fsp3) is 0.364. The number of thioether (sulfide) groups is 1. The van der Waals surface area contributed by atoms with E-state index in [2.05, 4.69) is 25.6 Å². The molecule has 2 aromatic heterocycles. The summed E-state index contributed by atoms with van der Waals surface area (Å²) in [5.74, 6) is 1.03. The molecule has 0 unspecified atom stereocenters. The van der Waals surface area contributed by atoms with Crippen molar-refractivity contribution in [3.05, 3.63) is 52.8 Å². The lowest BCUT2D eigenvalue weighted by Crippen LogP contribution is -2.22. The quantitative estimate of drug-likeness (QED) is 0.306. The zero-order valence-electron chi connectivity index (χ0n) is 17.3. The van der Waals surface area contributed by atoms with Crippen molar-refractivity contribution in [2.75, 3.05) is 16.4 Å². The molecule has 0 atom stereocenters. The van der Waals surface area contributed by atoms with Crippen LogP contribution in [0.15, 0.2) is 41.1 Å². The van der Waals surface area contributed by atoms with Crippen molar-refractivity contribution in [2.24, 2.45) is 5.92 Å².